The van der Waals surface area contributed by atoms with E-state index in [4.69, 9.17) is 0 Å². The van der Waals surface area contributed by atoms with Gasteiger partial charge < -0.3 is 5.32 Å². The van der Waals surface area contributed by atoms with Gasteiger partial charge in [0.15, 0.2) is 5.13 Å². The third-order valence-corrected chi connectivity index (χ3v) is 3.92. The average molecular weight is 334 g/mol. The Kier molecular flexibility index (Phi) is 5.02. The molecule has 1 aromatic heterocycles. The first-order chi connectivity index (χ1) is 10.9. The van der Waals surface area contributed by atoms with Gasteiger partial charge in [-0.3, -0.25) is 24.6 Å². The van der Waals surface area contributed by atoms with Crippen LogP contribution in [0.15, 0.2) is 35.8 Å². The standard InChI is InChI=1S/C14H14N4O4S/c1-9(13(20)17(2)14-15-6-7-23-14)16-12(19)10-4-3-5-11(8-10)18(21)22/h3-9H,1-2H3,(H,16,19). The van der Waals surface area contributed by atoms with Gasteiger partial charge in [0.1, 0.15) is 6.04 Å². The van der Waals surface area contributed by atoms with Crippen LogP contribution in [0.2, 0.25) is 0 Å². The van der Waals surface area contributed by atoms with Crippen molar-refractivity contribution >= 4 is 34.0 Å². The lowest BCUT2D eigenvalue weighted by Crippen LogP contribution is -2.45. The van der Waals surface area contributed by atoms with Gasteiger partial charge in [0.2, 0.25) is 0 Å². The molecule has 23 heavy (non-hydrogen) atoms. The molecular formula is C14H14N4O4S. The topological polar surface area (TPSA) is 105 Å². The number of nitro benzene ring substituents is 1. The molecule has 2 rings (SSSR count). The third kappa shape index (κ3) is 3.89. The molecular weight excluding hydrogens is 320 g/mol. The van der Waals surface area contributed by atoms with Crippen molar-refractivity contribution in [2.75, 3.05) is 11.9 Å². The van der Waals surface area contributed by atoms with Gasteiger partial charge in [0, 0.05) is 36.3 Å². The molecule has 1 N–H and O–H groups in total. The summed E-state index contributed by atoms with van der Waals surface area (Å²) in [6.07, 6.45) is 1.58. The second-order valence-corrected chi connectivity index (χ2v) is 5.59. The number of aromatic nitrogens is 1. The van der Waals surface area contributed by atoms with Gasteiger partial charge in [-0.25, -0.2) is 4.98 Å². The molecule has 0 saturated carbocycles. The summed E-state index contributed by atoms with van der Waals surface area (Å²) in [6.45, 7) is 1.54. The van der Waals surface area contributed by atoms with E-state index in [1.54, 1.807) is 25.5 Å². The van der Waals surface area contributed by atoms with Gasteiger partial charge in [-0.2, -0.15) is 0 Å². The van der Waals surface area contributed by atoms with Crippen molar-refractivity contribution in [2.45, 2.75) is 13.0 Å². The molecule has 0 fully saturated rings. The number of hydrogen-bond acceptors (Lipinski definition) is 6. The summed E-state index contributed by atoms with van der Waals surface area (Å²) in [4.78, 5) is 39.9. The van der Waals surface area contributed by atoms with Gasteiger partial charge in [-0.05, 0) is 13.0 Å². The van der Waals surface area contributed by atoms with E-state index in [1.165, 1.54) is 34.4 Å². The molecule has 1 atom stereocenters. The summed E-state index contributed by atoms with van der Waals surface area (Å²) >= 11 is 1.30. The highest BCUT2D eigenvalue weighted by Gasteiger charge is 2.22. The number of nitrogens with one attached hydrogen (secondary N) is 1. The highest BCUT2D eigenvalue weighted by atomic mass is 32.1. The summed E-state index contributed by atoms with van der Waals surface area (Å²) in [5.41, 5.74) is -0.0627. The summed E-state index contributed by atoms with van der Waals surface area (Å²) in [5, 5.41) is 15.5. The number of non-ortho nitro benzene ring substituents is 1. The van der Waals surface area contributed by atoms with E-state index in [2.05, 4.69) is 10.3 Å². The average Bonchev–Trinajstić information content (AvgIpc) is 3.07. The fraction of sp³-hybridized carbons (Fsp3) is 0.214. The van der Waals surface area contributed by atoms with Crippen molar-refractivity contribution in [3.8, 4) is 0 Å². The van der Waals surface area contributed by atoms with Crippen LogP contribution in [-0.4, -0.2) is 34.8 Å². The van der Waals surface area contributed by atoms with Crippen LogP contribution in [-0.2, 0) is 4.79 Å². The quantitative estimate of drug-likeness (QED) is 0.663. The van der Waals surface area contributed by atoms with E-state index in [1.807, 2.05) is 0 Å². The smallest absolute Gasteiger partial charge is 0.270 e. The number of likely N-dealkylation sites (N-methyl/N-ethyl adjacent to an activating group) is 1. The lowest BCUT2D eigenvalue weighted by molar-refractivity contribution is -0.384. The highest BCUT2D eigenvalue weighted by molar-refractivity contribution is 7.13. The Morgan fingerprint density at radius 1 is 1.43 bits per heavy atom. The van der Waals surface area contributed by atoms with Crippen molar-refractivity contribution in [3.63, 3.8) is 0 Å². The first-order valence-electron chi connectivity index (χ1n) is 6.62. The number of amides is 2. The Morgan fingerprint density at radius 3 is 2.78 bits per heavy atom. The van der Waals surface area contributed by atoms with Crippen LogP contribution in [0.1, 0.15) is 17.3 Å². The molecule has 2 amide bonds. The first kappa shape index (κ1) is 16.6. The molecule has 9 heteroatoms. The minimum absolute atomic E-state index is 0.121. The molecule has 0 aliphatic carbocycles. The SMILES string of the molecule is CC(NC(=O)c1cccc([N+](=O)[O-])c1)C(=O)N(C)c1nccs1. The molecule has 1 unspecified atom stereocenters. The second-order valence-electron chi connectivity index (χ2n) is 4.71. The van der Waals surface area contributed by atoms with E-state index < -0.39 is 16.9 Å². The number of nitrogens with zero attached hydrogens (tertiary/aromatic N) is 3. The number of hydrogen-bond donors (Lipinski definition) is 1. The van der Waals surface area contributed by atoms with E-state index in [0.717, 1.165) is 6.07 Å². The highest BCUT2D eigenvalue weighted by Crippen LogP contribution is 2.17. The number of benzene rings is 1. The molecule has 0 spiro atoms. The van der Waals surface area contributed by atoms with Crippen LogP contribution in [0.25, 0.3) is 0 Å². The Bertz CT molecular complexity index is 732. The van der Waals surface area contributed by atoms with Crippen LogP contribution >= 0.6 is 11.3 Å². The molecule has 8 nitrogen and oxygen atoms in total. The van der Waals surface area contributed by atoms with Crippen LogP contribution in [0.3, 0.4) is 0 Å². The molecule has 0 radical (unpaired) electrons. The predicted molar refractivity (Wildman–Crippen MR) is 85.5 cm³/mol. The minimum atomic E-state index is -0.796. The van der Waals surface area contributed by atoms with Gasteiger partial charge >= 0.3 is 0 Å². The first-order valence-corrected chi connectivity index (χ1v) is 7.50. The molecule has 0 aliphatic heterocycles. The van der Waals surface area contributed by atoms with Crippen LogP contribution in [0.4, 0.5) is 10.8 Å². The third-order valence-electron chi connectivity index (χ3n) is 3.07. The number of rotatable bonds is 5. The number of carbonyl (C=O) groups is 2. The largest absolute Gasteiger partial charge is 0.341 e. The molecule has 0 aliphatic rings. The van der Waals surface area contributed by atoms with Gasteiger partial charge in [0.05, 0.1) is 4.92 Å². The Balaban J connectivity index is 2.06. The monoisotopic (exact) mass is 334 g/mol. The van der Waals surface area contributed by atoms with Crippen LogP contribution < -0.4 is 10.2 Å². The maximum atomic E-state index is 12.3. The van der Waals surface area contributed by atoms with Gasteiger partial charge in [-0.1, -0.05) is 6.07 Å². The van der Waals surface area contributed by atoms with E-state index >= 15 is 0 Å². The van der Waals surface area contributed by atoms with Crippen LogP contribution in [0, 0.1) is 10.1 Å². The fourth-order valence-electron chi connectivity index (χ4n) is 1.87. The molecule has 0 bridgehead atoms. The predicted octanol–water partition coefficient (Wildman–Crippen LogP) is 1.83. The van der Waals surface area contributed by atoms with E-state index in [9.17, 15) is 19.7 Å². The van der Waals surface area contributed by atoms with Crippen LogP contribution in [0.5, 0.6) is 0 Å². The van der Waals surface area contributed by atoms with Crippen molar-refractivity contribution in [1.29, 1.82) is 0 Å². The zero-order valence-corrected chi connectivity index (χ0v) is 13.2. The summed E-state index contributed by atoms with van der Waals surface area (Å²) in [5.74, 6) is -0.888. The minimum Gasteiger partial charge on any atom is -0.341 e. The Morgan fingerprint density at radius 2 is 2.17 bits per heavy atom. The fourth-order valence-corrected chi connectivity index (χ4v) is 2.48. The van der Waals surface area contributed by atoms with E-state index in [0.29, 0.717) is 5.13 Å². The summed E-state index contributed by atoms with van der Waals surface area (Å²) in [6, 6.07) is 4.53. The van der Waals surface area contributed by atoms with Gasteiger partial charge in [-0.15, -0.1) is 11.3 Å². The van der Waals surface area contributed by atoms with Crippen molar-refractivity contribution in [2.24, 2.45) is 0 Å². The van der Waals surface area contributed by atoms with E-state index in [-0.39, 0.29) is 17.2 Å². The molecule has 1 aromatic carbocycles. The van der Waals surface area contributed by atoms with Gasteiger partial charge in [0.25, 0.3) is 17.5 Å². The summed E-state index contributed by atoms with van der Waals surface area (Å²) < 4.78 is 0. The zero-order valence-electron chi connectivity index (χ0n) is 12.4. The number of anilines is 1. The lowest BCUT2D eigenvalue weighted by Gasteiger charge is -2.19. The van der Waals surface area contributed by atoms with Crippen molar-refractivity contribution < 1.29 is 14.5 Å². The molecule has 1 heterocycles. The lowest BCUT2D eigenvalue weighted by atomic mass is 10.1. The Labute approximate surface area is 135 Å². The van der Waals surface area contributed by atoms with Crippen molar-refractivity contribution in [3.05, 3.63) is 51.5 Å². The number of carbonyl (C=O) groups excluding carboxylic acids is 2. The maximum Gasteiger partial charge on any atom is 0.270 e. The maximum absolute atomic E-state index is 12.3. The molecule has 0 saturated heterocycles. The molecule has 120 valence electrons. The number of thiazole rings is 1. The van der Waals surface area contributed by atoms with Crippen molar-refractivity contribution in [1.82, 2.24) is 10.3 Å². The second kappa shape index (κ2) is 6.97. The Hall–Kier alpha value is -2.81. The normalized spacial score (nSPS) is 11.6. The summed E-state index contributed by atoms with van der Waals surface area (Å²) in [7, 11) is 1.57. The zero-order chi connectivity index (χ0) is 17.0. The number of nitro groups is 1. The molecule has 2 aromatic rings.